The molecule has 0 aromatic rings. The van der Waals surface area contributed by atoms with Crippen molar-refractivity contribution < 1.29 is 24.2 Å². The minimum absolute atomic E-state index is 0.0584. The highest BCUT2D eigenvalue weighted by Crippen LogP contribution is 2.17. The van der Waals surface area contributed by atoms with Crippen LogP contribution in [0.5, 0.6) is 0 Å². The Kier molecular flexibility index (Phi) is 51.3. The smallest absolute Gasteiger partial charge is 0.306 e. The van der Waals surface area contributed by atoms with Gasteiger partial charge in [-0.2, -0.15) is 0 Å². The average molecular weight is 859 g/mol. The maximum absolute atomic E-state index is 12.3. The van der Waals surface area contributed by atoms with Gasteiger partial charge in [-0.1, -0.05) is 269 Å². The minimum Gasteiger partial charge on any atom is -0.462 e. The van der Waals surface area contributed by atoms with Gasteiger partial charge in [-0.15, -0.1) is 0 Å². The summed E-state index contributed by atoms with van der Waals surface area (Å²) < 4.78 is 10.7. The van der Waals surface area contributed by atoms with Crippen molar-refractivity contribution in [3.63, 3.8) is 0 Å². The summed E-state index contributed by atoms with van der Waals surface area (Å²) in [6.45, 7) is 4.17. The third-order valence-electron chi connectivity index (χ3n) is 12.5. The molecule has 0 aliphatic carbocycles. The lowest BCUT2D eigenvalue weighted by molar-refractivity contribution is -0.161. The van der Waals surface area contributed by atoms with Crippen LogP contribution in [0.3, 0.4) is 0 Å². The monoisotopic (exact) mass is 859 g/mol. The molecule has 0 bridgehead atoms. The van der Waals surface area contributed by atoms with Gasteiger partial charge in [0.05, 0.1) is 6.61 Å². The first-order chi connectivity index (χ1) is 30.1. The molecule has 0 aliphatic rings. The molecule has 1 N–H and O–H groups in total. The second-order valence-corrected chi connectivity index (χ2v) is 18.7. The van der Waals surface area contributed by atoms with Gasteiger partial charge in [0.15, 0.2) is 6.10 Å². The van der Waals surface area contributed by atoms with Gasteiger partial charge in [0, 0.05) is 12.8 Å². The van der Waals surface area contributed by atoms with Crippen LogP contribution in [0.15, 0.2) is 24.3 Å². The van der Waals surface area contributed by atoms with Gasteiger partial charge in [-0.3, -0.25) is 9.59 Å². The molecule has 61 heavy (non-hydrogen) atoms. The SMILES string of the molecule is CCCCCCC/C=C\C/C=C\CCCCCCCCCCCCCCCCCCCCCCCC(=O)OC(CO)COC(=O)CCCCCCCCCCCCCCCC. The quantitative estimate of drug-likeness (QED) is 0.0375. The fourth-order valence-corrected chi connectivity index (χ4v) is 8.35. The van der Waals surface area contributed by atoms with Crippen LogP contribution >= 0.6 is 0 Å². The highest BCUT2D eigenvalue weighted by molar-refractivity contribution is 5.70. The molecule has 1 unspecified atom stereocenters. The van der Waals surface area contributed by atoms with E-state index < -0.39 is 6.10 Å². The summed E-state index contributed by atoms with van der Waals surface area (Å²) in [5.41, 5.74) is 0. The molecule has 0 amide bonds. The van der Waals surface area contributed by atoms with Gasteiger partial charge in [0.2, 0.25) is 0 Å². The lowest BCUT2D eigenvalue weighted by atomic mass is 10.0. The Balaban J connectivity index is 3.39. The molecule has 5 heteroatoms. The van der Waals surface area contributed by atoms with Gasteiger partial charge < -0.3 is 14.6 Å². The predicted molar refractivity (Wildman–Crippen MR) is 265 cm³/mol. The van der Waals surface area contributed by atoms with E-state index in [2.05, 4.69) is 38.2 Å². The molecule has 0 fully saturated rings. The number of carbonyl (C=O) groups is 2. The number of rotatable bonds is 51. The summed E-state index contributed by atoms with van der Waals surface area (Å²) in [6, 6.07) is 0. The molecule has 0 aliphatic heterocycles. The van der Waals surface area contributed by atoms with E-state index in [1.165, 1.54) is 238 Å². The number of hydrogen-bond donors (Lipinski definition) is 1. The average Bonchev–Trinajstić information content (AvgIpc) is 3.26. The number of hydrogen-bond acceptors (Lipinski definition) is 5. The van der Waals surface area contributed by atoms with E-state index in [1.807, 2.05) is 0 Å². The zero-order valence-electron chi connectivity index (χ0n) is 41.2. The number of aliphatic hydroxyl groups is 1. The van der Waals surface area contributed by atoms with Crippen LogP contribution < -0.4 is 0 Å². The highest BCUT2D eigenvalue weighted by atomic mass is 16.6. The first-order valence-electron chi connectivity index (χ1n) is 27.4. The topological polar surface area (TPSA) is 72.8 Å². The van der Waals surface area contributed by atoms with E-state index in [4.69, 9.17) is 9.47 Å². The predicted octanol–water partition coefficient (Wildman–Crippen LogP) is 18.1. The Labute approximate surface area is 381 Å². The van der Waals surface area contributed by atoms with Crippen LogP contribution in [0.1, 0.15) is 303 Å². The Bertz CT molecular complexity index is 928. The molecule has 0 aromatic carbocycles. The maximum atomic E-state index is 12.3. The van der Waals surface area contributed by atoms with Crippen LogP contribution in [0.2, 0.25) is 0 Å². The van der Waals surface area contributed by atoms with Crippen molar-refractivity contribution in [1.29, 1.82) is 0 Å². The molecular formula is C56H106O5. The van der Waals surface area contributed by atoms with E-state index in [1.54, 1.807) is 0 Å². The molecular weight excluding hydrogens is 753 g/mol. The van der Waals surface area contributed by atoms with E-state index in [0.717, 1.165) is 38.5 Å². The minimum atomic E-state index is -0.765. The van der Waals surface area contributed by atoms with Crippen LogP contribution in [-0.2, 0) is 19.1 Å². The van der Waals surface area contributed by atoms with Gasteiger partial charge in [-0.25, -0.2) is 0 Å². The van der Waals surface area contributed by atoms with Crippen molar-refractivity contribution in [2.24, 2.45) is 0 Å². The number of aliphatic hydroxyl groups excluding tert-OH is 1. The van der Waals surface area contributed by atoms with E-state index >= 15 is 0 Å². The molecule has 360 valence electrons. The molecule has 0 radical (unpaired) electrons. The van der Waals surface area contributed by atoms with Crippen molar-refractivity contribution >= 4 is 11.9 Å². The molecule has 0 heterocycles. The number of unbranched alkanes of at least 4 members (excludes halogenated alkanes) is 39. The fourth-order valence-electron chi connectivity index (χ4n) is 8.35. The summed E-state index contributed by atoms with van der Waals surface area (Å²) in [7, 11) is 0. The van der Waals surface area contributed by atoms with Gasteiger partial charge in [0.1, 0.15) is 6.61 Å². The Morgan fingerprint density at radius 1 is 0.377 bits per heavy atom. The lowest BCUT2D eigenvalue weighted by Gasteiger charge is -2.15. The van der Waals surface area contributed by atoms with Crippen molar-refractivity contribution in [2.75, 3.05) is 13.2 Å². The van der Waals surface area contributed by atoms with Gasteiger partial charge in [-0.05, 0) is 44.9 Å². The molecule has 5 nitrogen and oxygen atoms in total. The lowest BCUT2D eigenvalue weighted by Crippen LogP contribution is -2.28. The Morgan fingerprint density at radius 2 is 0.656 bits per heavy atom. The normalized spacial score (nSPS) is 12.2. The summed E-state index contributed by atoms with van der Waals surface area (Å²) in [6.07, 6.45) is 65.9. The summed E-state index contributed by atoms with van der Waals surface area (Å²) in [5, 5.41) is 9.62. The Morgan fingerprint density at radius 3 is 0.967 bits per heavy atom. The van der Waals surface area contributed by atoms with Crippen molar-refractivity contribution in [2.45, 2.75) is 309 Å². The maximum Gasteiger partial charge on any atom is 0.306 e. The van der Waals surface area contributed by atoms with Crippen LogP contribution in [-0.4, -0.2) is 36.4 Å². The highest BCUT2D eigenvalue weighted by Gasteiger charge is 2.16. The number of esters is 2. The molecule has 0 aromatic heterocycles. The van der Waals surface area contributed by atoms with Gasteiger partial charge in [0.25, 0.3) is 0 Å². The third-order valence-corrected chi connectivity index (χ3v) is 12.5. The summed E-state index contributed by atoms with van der Waals surface area (Å²) in [4.78, 5) is 24.4. The fraction of sp³-hybridized carbons (Fsp3) is 0.893. The van der Waals surface area contributed by atoms with Crippen LogP contribution in [0.25, 0.3) is 0 Å². The number of ether oxygens (including phenoxy) is 2. The van der Waals surface area contributed by atoms with E-state index in [0.29, 0.717) is 12.8 Å². The number of carbonyl (C=O) groups excluding carboxylic acids is 2. The third kappa shape index (κ3) is 50.9. The molecule has 0 saturated carbocycles. The second kappa shape index (κ2) is 52.7. The zero-order valence-corrected chi connectivity index (χ0v) is 41.2. The molecule has 1 atom stereocenters. The van der Waals surface area contributed by atoms with Crippen molar-refractivity contribution in [1.82, 2.24) is 0 Å². The first kappa shape index (κ1) is 59.4. The van der Waals surface area contributed by atoms with Crippen LogP contribution in [0.4, 0.5) is 0 Å². The van der Waals surface area contributed by atoms with Gasteiger partial charge >= 0.3 is 11.9 Å². The van der Waals surface area contributed by atoms with Crippen molar-refractivity contribution in [3.05, 3.63) is 24.3 Å². The standard InChI is InChI=1S/C56H106O5/c1-3-5-7-9-11-13-15-17-19-20-21-22-23-24-25-26-27-28-29-30-31-32-33-34-35-36-37-39-41-43-45-47-49-51-56(59)61-54(52-57)53-60-55(58)50-48-46-44-42-40-38-18-16-14-12-10-8-6-4-2/h15,17,20-21,54,57H,3-14,16,18-19,22-53H2,1-2H3/b17-15-,21-20-. The van der Waals surface area contributed by atoms with Crippen LogP contribution in [0, 0.1) is 0 Å². The first-order valence-corrected chi connectivity index (χ1v) is 27.4. The number of allylic oxidation sites excluding steroid dienone is 4. The Hall–Kier alpha value is -1.62. The summed E-state index contributed by atoms with van der Waals surface area (Å²) in [5.74, 6) is -0.572. The largest absolute Gasteiger partial charge is 0.462 e. The second-order valence-electron chi connectivity index (χ2n) is 18.7. The zero-order chi connectivity index (χ0) is 44.2. The van der Waals surface area contributed by atoms with E-state index in [9.17, 15) is 14.7 Å². The molecule has 0 saturated heterocycles. The van der Waals surface area contributed by atoms with Crippen molar-refractivity contribution in [3.8, 4) is 0 Å². The molecule has 0 spiro atoms. The van der Waals surface area contributed by atoms with E-state index in [-0.39, 0.29) is 25.2 Å². The summed E-state index contributed by atoms with van der Waals surface area (Å²) >= 11 is 0. The molecule has 0 rings (SSSR count).